The predicted octanol–water partition coefficient (Wildman–Crippen LogP) is 1.54. The van der Waals surface area contributed by atoms with Gasteiger partial charge in [-0.25, -0.2) is 4.79 Å². The van der Waals surface area contributed by atoms with Crippen molar-refractivity contribution in [2.75, 3.05) is 0 Å². The number of hydrogen-bond acceptors (Lipinski definition) is 5. The van der Waals surface area contributed by atoms with Gasteiger partial charge in [0.2, 0.25) is 17.2 Å². The van der Waals surface area contributed by atoms with Gasteiger partial charge in [0.05, 0.1) is 10.3 Å². The van der Waals surface area contributed by atoms with Gasteiger partial charge in [0.25, 0.3) is 0 Å². The predicted molar refractivity (Wildman–Crippen MR) is 56.1 cm³/mol. The van der Waals surface area contributed by atoms with E-state index in [1.807, 2.05) is 0 Å². The molecule has 1 heterocycles. The molecule has 18 heavy (non-hydrogen) atoms. The van der Waals surface area contributed by atoms with Gasteiger partial charge in [-0.3, -0.25) is 14.9 Å². The first-order valence-corrected chi connectivity index (χ1v) is 4.56. The van der Waals surface area contributed by atoms with Crippen molar-refractivity contribution in [2.45, 2.75) is 0 Å². The molecule has 0 saturated carbocycles. The zero-order chi connectivity index (χ0) is 13.4. The molecular formula is C10H4FNO6. The average molecular weight is 253 g/mol. The Balaban J connectivity index is 2.99. The lowest BCUT2D eigenvalue weighted by Crippen LogP contribution is -2.08. The summed E-state index contributed by atoms with van der Waals surface area (Å²) in [6, 6.07) is 2.42. The number of nitro benzene ring substituents is 1. The molecular weight excluding hydrogens is 249 g/mol. The number of halogens is 1. The number of rotatable bonds is 2. The highest BCUT2D eigenvalue weighted by molar-refractivity contribution is 5.90. The molecule has 0 fully saturated rings. The number of hydrogen-bond donors (Lipinski definition) is 1. The Bertz CT molecular complexity index is 735. The molecule has 0 atom stereocenters. The van der Waals surface area contributed by atoms with Gasteiger partial charge < -0.3 is 9.52 Å². The molecule has 0 radical (unpaired) electrons. The van der Waals surface area contributed by atoms with Crippen LogP contribution in [-0.2, 0) is 0 Å². The van der Waals surface area contributed by atoms with Crippen LogP contribution < -0.4 is 5.43 Å². The van der Waals surface area contributed by atoms with E-state index in [0.717, 1.165) is 12.1 Å². The Hall–Kier alpha value is -2.77. The van der Waals surface area contributed by atoms with E-state index >= 15 is 0 Å². The first kappa shape index (κ1) is 11.7. The average Bonchev–Trinajstić information content (AvgIpc) is 2.27. The molecule has 1 N–H and O–H groups in total. The second-order valence-corrected chi connectivity index (χ2v) is 3.31. The van der Waals surface area contributed by atoms with Crippen LogP contribution in [0.3, 0.4) is 0 Å². The van der Waals surface area contributed by atoms with Crippen molar-refractivity contribution in [3.05, 3.63) is 50.1 Å². The molecule has 0 unspecified atom stereocenters. The van der Waals surface area contributed by atoms with Crippen LogP contribution >= 0.6 is 0 Å². The highest BCUT2D eigenvalue weighted by atomic mass is 19.1. The first-order chi connectivity index (χ1) is 8.41. The number of benzene rings is 1. The number of carboxylic acid groups (broad SMARTS) is 1. The van der Waals surface area contributed by atoms with Crippen molar-refractivity contribution in [3.63, 3.8) is 0 Å². The fourth-order valence-corrected chi connectivity index (χ4v) is 1.46. The van der Waals surface area contributed by atoms with Gasteiger partial charge in [0.1, 0.15) is 0 Å². The van der Waals surface area contributed by atoms with E-state index in [2.05, 4.69) is 0 Å². The smallest absolute Gasteiger partial charge is 0.371 e. The zero-order valence-electron chi connectivity index (χ0n) is 8.55. The van der Waals surface area contributed by atoms with Crippen LogP contribution in [0.2, 0.25) is 0 Å². The molecule has 0 spiro atoms. The molecule has 0 aliphatic heterocycles. The molecule has 7 nitrogen and oxygen atoms in total. The molecule has 0 aliphatic rings. The molecule has 2 aromatic rings. The van der Waals surface area contributed by atoms with Crippen molar-refractivity contribution in [1.29, 1.82) is 0 Å². The number of carbonyl (C=O) groups is 1. The van der Waals surface area contributed by atoms with Crippen LogP contribution in [-0.4, -0.2) is 16.0 Å². The standard InChI is InChI=1S/C10H4FNO6/c11-5-2-1-4-6(13)3-7(10(14)15)18-9(4)8(5)12(16)17/h1-3H,(H,14,15). The summed E-state index contributed by atoms with van der Waals surface area (Å²) in [5.74, 6) is -3.58. The topological polar surface area (TPSA) is 111 Å². The van der Waals surface area contributed by atoms with E-state index in [4.69, 9.17) is 9.52 Å². The molecule has 0 bridgehead atoms. The third-order valence-electron chi connectivity index (χ3n) is 2.22. The van der Waals surface area contributed by atoms with E-state index < -0.39 is 39.2 Å². The largest absolute Gasteiger partial charge is 0.475 e. The Morgan fingerprint density at radius 3 is 2.67 bits per heavy atom. The summed E-state index contributed by atoms with van der Waals surface area (Å²) in [5, 5.41) is 19.1. The van der Waals surface area contributed by atoms with Gasteiger partial charge in [-0.1, -0.05) is 0 Å². The fraction of sp³-hybridized carbons (Fsp3) is 0. The maximum Gasteiger partial charge on any atom is 0.371 e. The van der Waals surface area contributed by atoms with E-state index in [-0.39, 0.29) is 5.39 Å². The maximum atomic E-state index is 13.3. The third kappa shape index (κ3) is 1.69. The highest BCUT2D eigenvalue weighted by Gasteiger charge is 2.24. The summed E-state index contributed by atoms with van der Waals surface area (Å²) in [6.45, 7) is 0. The molecule has 0 amide bonds. The number of nitro groups is 1. The molecule has 92 valence electrons. The lowest BCUT2D eigenvalue weighted by atomic mass is 10.2. The number of fused-ring (bicyclic) bond motifs is 1. The van der Waals surface area contributed by atoms with Gasteiger partial charge in [0, 0.05) is 6.07 Å². The zero-order valence-corrected chi connectivity index (χ0v) is 8.55. The van der Waals surface area contributed by atoms with Gasteiger partial charge >= 0.3 is 11.7 Å². The molecule has 1 aromatic heterocycles. The first-order valence-electron chi connectivity index (χ1n) is 4.56. The van der Waals surface area contributed by atoms with Crippen molar-refractivity contribution in [3.8, 4) is 0 Å². The Morgan fingerprint density at radius 2 is 2.11 bits per heavy atom. The fourth-order valence-electron chi connectivity index (χ4n) is 1.46. The summed E-state index contributed by atoms with van der Waals surface area (Å²) in [5.41, 5.74) is -2.55. The molecule has 2 rings (SSSR count). The molecule has 8 heteroatoms. The summed E-state index contributed by atoms with van der Waals surface area (Å²) >= 11 is 0. The van der Waals surface area contributed by atoms with Crippen LogP contribution in [0.5, 0.6) is 0 Å². The van der Waals surface area contributed by atoms with E-state index in [9.17, 15) is 24.1 Å². The Kier molecular flexibility index (Phi) is 2.55. The second-order valence-electron chi connectivity index (χ2n) is 3.31. The quantitative estimate of drug-likeness (QED) is 0.641. The SMILES string of the molecule is O=C(O)c1cc(=O)c2ccc(F)c([N+](=O)[O-])c2o1. The number of carboxylic acids is 1. The lowest BCUT2D eigenvalue weighted by molar-refractivity contribution is -0.386. The summed E-state index contributed by atoms with van der Waals surface area (Å²) < 4.78 is 18.0. The summed E-state index contributed by atoms with van der Waals surface area (Å²) in [6.07, 6.45) is 0. The molecule has 0 saturated heterocycles. The lowest BCUT2D eigenvalue weighted by Gasteiger charge is -2.00. The Morgan fingerprint density at radius 1 is 1.44 bits per heavy atom. The van der Waals surface area contributed by atoms with Gasteiger partial charge in [-0.05, 0) is 12.1 Å². The van der Waals surface area contributed by atoms with Gasteiger partial charge in [-0.15, -0.1) is 0 Å². The monoisotopic (exact) mass is 253 g/mol. The van der Waals surface area contributed by atoms with Crippen molar-refractivity contribution < 1.29 is 23.6 Å². The minimum absolute atomic E-state index is 0.256. The normalized spacial score (nSPS) is 10.5. The van der Waals surface area contributed by atoms with Crippen LogP contribution in [0.4, 0.5) is 10.1 Å². The van der Waals surface area contributed by atoms with Crippen LogP contribution in [0.25, 0.3) is 11.0 Å². The van der Waals surface area contributed by atoms with Crippen molar-refractivity contribution in [2.24, 2.45) is 0 Å². The van der Waals surface area contributed by atoms with Crippen LogP contribution in [0.15, 0.2) is 27.4 Å². The number of aromatic carboxylic acids is 1. The van der Waals surface area contributed by atoms with Gasteiger partial charge in [0.15, 0.2) is 5.43 Å². The van der Waals surface area contributed by atoms with Crippen LogP contribution in [0.1, 0.15) is 10.6 Å². The molecule has 1 aromatic carbocycles. The van der Waals surface area contributed by atoms with Crippen molar-refractivity contribution in [1.82, 2.24) is 0 Å². The highest BCUT2D eigenvalue weighted by Crippen LogP contribution is 2.27. The summed E-state index contributed by atoms with van der Waals surface area (Å²) in [7, 11) is 0. The summed E-state index contributed by atoms with van der Waals surface area (Å²) in [4.78, 5) is 31.8. The van der Waals surface area contributed by atoms with E-state index in [1.165, 1.54) is 0 Å². The minimum Gasteiger partial charge on any atom is -0.475 e. The van der Waals surface area contributed by atoms with Crippen LogP contribution in [0, 0.1) is 15.9 Å². The van der Waals surface area contributed by atoms with E-state index in [0.29, 0.717) is 6.07 Å². The molecule has 0 aliphatic carbocycles. The van der Waals surface area contributed by atoms with Crippen molar-refractivity contribution >= 4 is 22.6 Å². The van der Waals surface area contributed by atoms with Gasteiger partial charge in [-0.2, -0.15) is 4.39 Å². The third-order valence-corrected chi connectivity index (χ3v) is 2.22. The second kappa shape index (κ2) is 3.91. The maximum absolute atomic E-state index is 13.3. The van der Waals surface area contributed by atoms with E-state index in [1.54, 1.807) is 0 Å². The Labute approximate surface area is 97.2 Å². The minimum atomic E-state index is -1.58. The number of nitrogens with zero attached hydrogens (tertiary/aromatic N) is 1.